The summed E-state index contributed by atoms with van der Waals surface area (Å²) >= 11 is 7.27. The number of nitrogens with one attached hydrogen (secondary N) is 1. The molecule has 0 saturated heterocycles. The van der Waals surface area contributed by atoms with Gasteiger partial charge < -0.3 is 11.1 Å². The Morgan fingerprint density at radius 1 is 1.55 bits per heavy atom. The van der Waals surface area contributed by atoms with Gasteiger partial charge in [-0.1, -0.05) is 23.4 Å². The van der Waals surface area contributed by atoms with Crippen molar-refractivity contribution in [3.05, 3.63) is 29.5 Å². The Kier molecular flexibility index (Phi) is 4.86. The number of carbonyl (C=O) groups is 1. The molecular formula is C12H14ClN5OS. The number of rotatable bonds is 5. The fourth-order valence-electron chi connectivity index (χ4n) is 1.51. The molecule has 0 saturated carbocycles. The minimum Gasteiger partial charge on any atom is -0.397 e. The number of aromatic nitrogens is 3. The van der Waals surface area contributed by atoms with Gasteiger partial charge in [-0.2, -0.15) is 5.10 Å². The summed E-state index contributed by atoms with van der Waals surface area (Å²) in [5, 5.41) is 8.03. The molecule has 0 unspecified atom stereocenters. The van der Waals surface area contributed by atoms with Crippen molar-refractivity contribution in [3.8, 4) is 0 Å². The molecule has 2 aromatic rings. The zero-order valence-corrected chi connectivity index (χ0v) is 12.4. The number of hydrogen-bond acceptors (Lipinski definition) is 5. The number of aryl methyl sites for hydroxylation is 1. The number of carbonyl (C=O) groups excluding carboxylic acids is 1. The summed E-state index contributed by atoms with van der Waals surface area (Å²) in [5.74, 6) is 0.514. The maximum absolute atomic E-state index is 11.8. The highest BCUT2D eigenvalue weighted by molar-refractivity contribution is 7.99. The van der Waals surface area contributed by atoms with Gasteiger partial charge in [0.1, 0.15) is 6.33 Å². The fraction of sp³-hybridized carbons (Fsp3) is 0.250. The van der Waals surface area contributed by atoms with Crippen LogP contribution in [-0.2, 0) is 11.8 Å². The summed E-state index contributed by atoms with van der Waals surface area (Å²) in [7, 11) is 1.81. The molecule has 0 aliphatic heterocycles. The zero-order valence-electron chi connectivity index (χ0n) is 10.8. The summed E-state index contributed by atoms with van der Waals surface area (Å²) in [6.07, 6.45) is 1.84. The minimum atomic E-state index is -0.103. The van der Waals surface area contributed by atoms with Gasteiger partial charge in [0, 0.05) is 24.2 Å². The van der Waals surface area contributed by atoms with Crippen LogP contribution in [0.4, 0.5) is 11.4 Å². The average molecular weight is 312 g/mol. The first kappa shape index (κ1) is 14.7. The lowest BCUT2D eigenvalue weighted by Crippen LogP contribution is -2.13. The average Bonchev–Trinajstić information content (AvgIpc) is 2.79. The Bertz CT molecular complexity index is 616. The van der Waals surface area contributed by atoms with Gasteiger partial charge in [-0.25, -0.2) is 9.67 Å². The van der Waals surface area contributed by atoms with Crippen molar-refractivity contribution in [2.75, 3.05) is 16.8 Å². The summed E-state index contributed by atoms with van der Waals surface area (Å²) in [5.41, 5.74) is 6.79. The van der Waals surface area contributed by atoms with Gasteiger partial charge in [0.2, 0.25) is 5.91 Å². The number of nitrogens with two attached hydrogens (primary N) is 1. The molecule has 8 heteroatoms. The summed E-state index contributed by atoms with van der Waals surface area (Å²) < 4.78 is 1.67. The first-order valence-electron chi connectivity index (χ1n) is 5.88. The van der Waals surface area contributed by atoms with E-state index in [9.17, 15) is 4.79 Å². The van der Waals surface area contributed by atoms with Gasteiger partial charge in [0.15, 0.2) is 5.16 Å². The molecule has 20 heavy (non-hydrogen) atoms. The molecule has 2 rings (SSSR count). The molecule has 3 N–H and O–H groups in total. The van der Waals surface area contributed by atoms with Crippen LogP contribution in [0.5, 0.6) is 0 Å². The molecule has 0 aliphatic rings. The molecule has 106 valence electrons. The van der Waals surface area contributed by atoms with E-state index < -0.39 is 0 Å². The molecule has 0 fully saturated rings. The van der Waals surface area contributed by atoms with Crippen LogP contribution < -0.4 is 11.1 Å². The van der Waals surface area contributed by atoms with Crippen LogP contribution >= 0.6 is 23.4 Å². The highest BCUT2D eigenvalue weighted by Gasteiger charge is 2.07. The quantitative estimate of drug-likeness (QED) is 0.653. The number of hydrogen-bond donors (Lipinski definition) is 2. The first-order chi connectivity index (χ1) is 9.56. The molecule has 1 aromatic heterocycles. The number of halogens is 1. The first-order valence-corrected chi connectivity index (χ1v) is 7.24. The highest BCUT2D eigenvalue weighted by atomic mass is 35.5. The van der Waals surface area contributed by atoms with Crippen LogP contribution in [0, 0.1) is 0 Å². The summed E-state index contributed by atoms with van der Waals surface area (Å²) in [6, 6.07) is 4.97. The number of nitrogen functional groups attached to an aromatic ring is 1. The van der Waals surface area contributed by atoms with Gasteiger partial charge in [-0.05, 0) is 18.2 Å². The van der Waals surface area contributed by atoms with E-state index in [-0.39, 0.29) is 5.91 Å². The summed E-state index contributed by atoms with van der Waals surface area (Å²) in [6.45, 7) is 0. The number of benzene rings is 1. The maximum Gasteiger partial charge on any atom is 0.225 e. The largest absolute Gasteiger partial charge is 0.397 e. The maximum atomic E-state index is 11.8. The van der Waals surface area contributed by atoms with Gasteiger partial charge in [-0.15, -0.1) is 0 Å². The summed E-state index contributed by atoms with van der Waals surface area (Å²) in [4.78, 5) is 15.9. The van der Waals surface area contributed by atoms with Gasteiger partial charge >= 0.3 is 0 Å². The predicted molar refractivity (Wildman–Crippen MR) is 80.8 cm³/mol. The van der Waals surface area contributed by atoms with Crippen molar-refractivity contribution in [2.24, 2.45) is 7.05 Å². The number of amides is 1. The standard InChI is InChI=1S/C12H14ClN5OS/c1-18-12(15-7-16-18)20-5-4-11(19)17-10-3-2-8(13)6-9(10)14/h2-3,6-7H,4-5,14H2,1H3,(H,17,19). The smallest absolute Gasteiger partial charge is 0.225 e. The lowest BCUT2D eigenvalue weighted by Gasteiger charge is -2.08. The number of anilines is 2. The predicted octanol–water partition coefficient (Wildman–Crippen LogP) is 2.17. The molecular weight excluding hydrogens is 298 g/mol. The van der Waals surface area contributed by atoms with Gasteiger partial charge in [-0.3, -0.25) is 4.79 Å². The van der Waals surface area contributed by atoms with E-state index in [1.165, 1.54) is 18.1 Å². The van der Waals surface area contributed by atoms with E-state index in [0.717, 1.165) is 5.16 Å². The van der Waals surface area contributed by atoms with Gasteiger partial charge in [0.05, 0.1) is 11.4 Å². The molecule has 1 aromatic carbocycles. The Balaban J connectivity index is 1.82. The lowest BCUT2D eigenvalue weighted by atomic mass is 10.2. The Hall–Kier alpha value is -1.73. The molecule has 6 nitrogen and oxygen atoms in total. The van der Waals surface area contributed by atoms with Crippen LogP contribution in [0.15, 0.2) is 29.7 Å². The molecule has 0 aliphatic carbocycles. The van der Waals surface area contributed by atoms with Crippen molar-refractivity contribution >= 4 is 40.6 Å². The lowest BCUT2D eigenvalue weighted by molar-refractivity contribution is -0.115. The van der Waals surface area contributed by atoms with Crippen molar-refractivity contribution < 1.29 is 4.79 Å². The van der Waals surface area contributed by atoms with Crippen molar-refractivity contribution in [3.63, 3.8) is 0 Å². The molecule has 1 amide bonds. The highest BCUT2D eigenvalue weighted by Crippen LogP contribution is 2.23. The van der Waals surface area contributed by atoms with E-state index in [4.69, 9.17) is 17.3 Å². The van der Waals surface area contributed by atoms with Gasteiger partial charge in [0.25, 0.3) is 0 Å². The molecule has 0 spiro atoms. The van der Waals surface area contributed by atoms with Crippen LogP contribution in [0.2, 0.25) is 5.02 Å². The topological polar surface area (TPSA) is 85.8 Å². The zero-order chi connectivity index (χ0) is 14.5. The van der Waals surface area contributed by atoms with E-state index in [1.807, 2.05) is 7.05 Å². The third-order valence-electron chi connectivity index (χ3n) is 2.52. The van der Waals surface area contributed by atoms with Crippen LogP contribution in [0.25, 0.3) is 0 Å². The number of nitrogens with zero attached hydrogens (tertiary/aromatic N) is 3. The Labute approximate surface area is 125 Å². The van der Waals surface area contributed by atoms with E-state index in [0.29, 0.717) is 28.6 Å². The van der Waals surface area contributed by atoms with Crippen LogP contribution in [-0.4, -0.2) is 26.4 Å². The minimum absolute atomic E-state index is 0.103. The van der Waals surface area contributed by atoms with E-state index in [1.54, 1.807) is 22.9 Å². The monoisotopic (exact) mass is 311 g/mol. The molecule has 0 radical (unpaired) electrons. The van der Waals surface area contributed by atoms with Crippen molar-refractivity contribution in [1.29, 1.82) is 0 Å². The Morgan fingerprint density at radius 3 is 3.00 bits per heavy atom. The van der Waals surface area contributed by atoms with E-state index in [2.05, 4.69) is 15.4 Å². The van der Waals surface area contributed by atoms with Crippen molar-refractivity contribution in [2.45, 2.75) is 11.6 Å². The van der Waals surface area contributed by atoms with E-state index >= 15 is 0 Å². The fourth-order valence-corrected chi connectivity index (χ4v) is 2.52. The SMILES string of the molecule is Cn1ncnc1SCCC(=O)Nc1ccc(Cl)cc1N. The molecule has 0 atom stereocenters. The third kappa shape index (κ3) is 3.88. The van der Waals surface area contributed by atoms with Crippen LogP contribution in [0.3, 0.4) is 0 Å². The van der Waals surface area contributed by atoms with Crippen molar-refractivity contribution in [1.82, 2.24) is 14.8 Å². The second-order valence-corrected chi connectivity index (χ2v) is 5.54. The molecule has 1 heterocycles. The van der Waals surface area contributed by atoms with Crippen LogP contribution in [0.1, 0.15) is 6.42 Å². The Morgan fingerprint density at radius 2 is 2.35 bits per heavy atom. The third-order valence-corrected chi connectivity index (χ3v) is 3.79. The normalized spacial score (nSPS) is 10.5. The molecule has 0 bridgehead atoms. The second kappa shape index (κ2) is 6.62. The number of thioether (sulfide) groups is 1. The second-order valence-electron chi connectivity index (χ2n) is 4.04.